The van der Waals surface area contributed by atoms with E-state index in [-0.39, 0.29) is 11.5 Å². The van der Waals surface area contributed by atoms with Gasteiger partial charge in [-0.15, -0.1) is 0 Å². The Morgan fingerprint density at radius 2 is 2.09 bits per heavy atom. The van der Waals surface area contributed by atoms with Crippen molar-refractivity contribution in [3.63, 3.8) is 0 Å². The van der Waals surface area contributed by atoms with E-state index in [1.807, 2.05) is 18.2 Å². The van der Waals surface area contributed by atoms with Crippen LogP contribution in [-0.2, 0) is 11.2 Å². The maximum Gasteiger partial charge on any atom is 0.258 e. The van der Waals surface area contributed by atoms with E-state index in [4.69, 9.17) is 0 Å². The van der Waals surface area contributed by atoms with E-state index in [1.165, 1.54) is 19.3 Å². The fraction of sp³-hybridized carbons (Fsp3) is 0.500. The van der Waals surface area contributed by atoms with Crippen LogP contribution in [0.2, 0.25) is 0 Å². The molecule has 1 fully saturated rings. The standard InChI is InChI=1S/C18H23N3O2/c1-12-6-2-4-8-14(12)20-17(22)11-10-16-19-15-9-5-3-7-13(15)18(23)21-16/h3,5,7,9,12,14H,2,4,6,8,10-11H2,1H3,(H,20,22)(H,19,21,23)/t12-,14-/m0/s1. The van der Waals surface area contributed by atoms with Crippen molar-refractivity contribution in [2.24, 2.45) is 5.92 Å². The summed E-state index contributed by atoms with van der Waals surface area (Å²) in [4.78, 5) is 31.4. The summed E-state index contributed by atoms with van der Waals surface area (Å²) in [5.41, 5.74) is 0.527. The molecule has 0 unspecified atom stereocenters. The number of amides is 1. The van der Waals surface area contributed by atoms with Crippen LogP contribution in [0.25, 0.3) is 10.9 Å². The van der Waals surface area contributed by atoms with E-state index < -0.39 is 0 Å². The topological polar surface area (TPSA) is 74.8 Å². The molecule has 0 radical (unpaired) electrons. The summed E-state index contributed by atoms with van der Waals surface area (Å²) in [6, 6.07) is 7.54. The molecular formula is C18H23N3O2. The van der Waals surface area contributed by atoms with E-state index in [0.29, 0.717) is 41.5 Å². The fourth-order valence-electron chi connectivity index (χ4n) is 3.29. The number of aryl methyl sites for hydroxylation is 1. The SMILES string of the molecule is C[C@H]1CCCC[C@@H]1NC(=O)CCc1nc2ccccc2c(=O)[nH]1. The lowest BCUT2D eigenvalue weighted by molar-refractivity contribution is -0.122. The number of nitrogens with zero attached hydrogens (tertiary/aromatic N) is 1. The highest BCUT2D eigenvalue weighted by molar-refractivity contribution is 5.78. The summed E-state index contributed by atoms with van der Waals surface area (Å²) in [5.74, 6) is 1.16. The number of H-pyrrole nitrogens is 1. The molecule has 2 N–H and O–H groups in total. The molecule has 1 amide bonds. The van der Waals surface area contributed by atoms with Gasteiger partial charge in [-0.1, -0.05) is 31.9 Å². The molecule has 0 saturated heterocycles. The second kappa shape index (κ2) is 6.94. The minimum absolute atomic E-state index is 0.0413. The molecule has 23 heavy (non-hydrogen) atoms. The largest absolute Gasteiger partial charge is 0.353 e. The van der Waals surface area contributed by atoms with Crippen LogP contribution in [0.15, 0.2) is 29.1 Å². The molecule has 1 aliphatic carbocycles. The third kappa shape index (κ3) is 3.78. The zero-order chi connectivity index (χ0) is 16.2. The Labute approximate surface area is 135 Å². The number of hydrogen-bond donors (Lipinski definition) is 2. The number of hydrogen-bond acceptors (Lipinski definition) is 3. The zero-order valence-electron chi connectivity index (χ0n) is 13.5. The van der Waals surface area contributed by atoms with Gasteiger partial charge in [-0.05, 0) is 30.9 Å². The van der Waals surface area contributed by atoms with E-state index in [2.05, 4.69) is 22.2 Å². The zero-order valence-corrected chi connectivity index (χ0v) is 13.5. The summed E-state index contributed by atoms with van der Waals surface area (Å²) in [5, 5.41) is 3.71. The number of aromatic nitrogens is 2. The van der Waals surface area contributed by atoms with Crippen LogP contribution in [0.4, 0.5) is 0 Å². The number of aromatic amines is 1. The highest BCUT2D eigenvalue weighted by Gasteiger charge is 2.22. The normalized spacial score (nSPS) is 21.3. The Balaban J connectivity index is 1.61. The van der Waals surface area contributed by atoms with Gasteiger partial charge in [0.2, 0.25) is 5.91 Å². The Kier molecular flexibility index (Phi) is 4.74. The van der Waals surface area contributed by atoms with Crippen LogP contribution in [-0.4, -0.2) is 21.9 Å². The van der Waals surface area contributed by atoms with Crippen LogP contribution in [0.1, 0.15) is 44.9 Å². The predicted octanol–water partition coefficient (Wildman–Crippen LogP) is 2.55. The summed E-state index contributed by atoms with van der Waals surface area (Å²) < 4.78 is 0. The number of fused-ring (bicyclic) bond motifs is 1. The minimum Gasteiger partial charge on any atom is -0.353 e. The number of carbonyl (C=O) groups excluding carboxylic acids is 1. The van der Waals surface area contributed by atoms with Crippen LogP contribution < -0.4 is 10.9 Å². The highest BCUT2D eigenvalue weighted by atomic mass is 16.1. The first-order valence-corrected chi connectivity index (χ1v) is 8.41. The molecule has 0 bridgehead atoms. The van der Waals surface area contributed by atoms with Crippen molar-refractivity contribution in [1.29, 1.82) is 0 Å². The molecule has 0 spiro atoms. The molecule has 0 aliphatic heterocycles. The molecule has 2 atom stereocenters. The Morgan fingerprint density at radius 3 is 2.91 bits per heavy atom. The third-order valence-corrected chi connectivity index (χ3v) is 4.71. The lowest BCUT2D eigenvalue weighted by Crippen LogP contribution is -2.41. The number of nitrogens with one attached hydrogen (secondary N) is 2. The Morgan fingerprint density at radius 1 is 1.30 bits per heavy atom. The molecule has 1 aromatic heterocycles. The second-order valence-corrected chi connectivity index (χ2v) is 6.47. The van der Waals surface area contributed by atoms with Crippen molar-refractivity contribution in [2.45, 2.75) is 51.5 Å². The smallest absolute Gasteiger partial charge is 0.258 e. The van der Waals surface area contributed by atoms with Crippen molar-refractivity contribution in [1.82, 2.24) is 15.3 Å². The van der Waals surface area contributed by atoms with Crippen LogP contribution in [0.3, 0.4) is 0 Å². The van der Waals surface area contributed by atoms with Gasteiger partial charge in [-0.2, -0.15) is 0 Å². The van der Waals surface area contributed by atoms with Crippen LogP contribution >= 0.6 is 0 Å². The molecule has 1 aliphatic rings. The number of para-hydroxylation sites is 1. The van der Waals surface area contributed by atoms with Crippen molar-refractivity contribution >= 4 is 16.8 Å². The molecule has 1 heterocycles. The van der Waals surface area contributed by atoms with Gasteiger partial charge in [0, 0.05) is 18.9 Å². The van der Waals surface area contributed by atoms with Gasteiger partial charge in [0.05, 0.1) is 10.9 Å². The predicted molar refractivity (Wildman–Crippen MR) is 90.2 cm³/mol. The van der Waals surface area contributed by atoms with Gasteiger partial charge < -0.3 is 10.3 Å². The number of rotatable bonds is 4. The summed E-state index contributed by atoms with van der Waals surface area (Å²) >= 11 is 0. The van der Waals surface area contributed by atoms with Gasteiger partial charge in [-0.3, -0.25) is 9.59 Å². The van der Waals surface area contributed by atoms with E-state index >= 15 is 0 Å². The molecule has 2 aromatic rings. The summed E-state index contributed by atoms with van der Waals surface area (Å²) in [6.45, 7) is 2.20. The van der Waals surface area contributed by atoms with E-state index in [9.17, 15) is 9.59 Å². The monoisotopic (exact) mass is 313 g/mol. The first kappa shape index (κ1) is 15.7. The quantitative estimate of drug-likeness (QED) is 0.911. The molecule has 1 aromatic carbocycles. The highest BCUT2D eigenvalue weighted by Crippen LogP contribution is 2.23. The van der Waals surface area contributed by atoms with Crippen LogP contribution in [0.5, 0.6) is 0 Å². The summed E-state index contributed by atoms with van der Waals surface area (Å²) in [7, 11) is 0. The minimum atomic E-state index is -0.146. The lowest BCUT2D eigenvalue weighted by Gasteiger charge is -2.29. The maximum atomic E-state index is 12.1. The maximum absolute atomic E-state index is 12.1. The van der Waals surface area contributed by atoms with Crippen LogP contribution in [0, 0.1) is 5.92 Å². The number of carbonyl (C=O) groups is 1. The van der Waals surface area contributed by atoms with Crippen molar-refractivity contribution in [3.8, 4) is 0 Å². The summed E-state index contributed by atoms with van der Waals surface area (Å²) in [6.07, 6.45) is 5.50. The van der Waals surface area contributed by atoms with Crippen molar-refractivity contribution in [3.05, 3.63) is 40.4 Å². The molecule has 3 rings (SSSR count). The first-order chi connectivity index (χ1) is 11.1. The van der Waals surface area contributed by atoms with Crippen molar-refractivity contribution in [2.75, 3.05) is 0 Å². The fourth-order valence-corrected chi connectivity index (χ4v) is 3.29. The van der Waals surface area contributed by atoms with E-state index in [1.54, 1.807) is 6.07 Å². The van der Waals surface area contributed by atoms with Gasteiger partial charge >= 0.3 is 0 Å². The van der Waals surface area contributed by atoms with Gasteiger partial charge in [-0.25, -0.2) is 4.98 Å². The average Bonchev–Trinajstić information content (AvgIpc) is 2.55. The lowest BCUT2D eigenvalue weighted by atomic mass is 9.86. The molecule has 122 valence electrons. The van der Waals surface area contributed by atoms with Gasteiger partial charge in [0.25, 0.3) is 5.56 Å². The van der Waals surface area contributed by atoms with E-state index in [0.717, 1.165) is 6.42 Å². The van der Waals surface area contributed by atoms with Gasteiger partial charge in [0.1, 0.15) is 5.82 Å². The van der Waals surface area contributed by atoms with Gasteiger partial charge in [0.15, 0.2) is 0 Å². The third-order valence-electron chi connectivity index (χ3n) is 4.71. The van der Waals surface area contributed by atoms with Crippen molar-refractivity contribution < 1.29 is 4.79 Å². The molecular weight excluding hydrogens is 290 g/mol. The molecule has 5 heteroatoms. The second-order valence-electron chi connectivity index (χ2n) is 6.47. The number of benzene rings is 1. The molecule has 1 saturated carbocycles. The molecule has 5 nitrogen and oxygen atoms in total. The Hall–Kier alpha value is -2.17. The average molecular weight is 313 g/mol. The first-order valence-electron chi connectivity index (χ1n) is 8.41. The Bertz CT molecular complexity index is 753.